The Morgan fingerprint density at radius 2 is 1.53 bits per heavy atom. The predicted molar refractivity (Wildman–Crippen MR) is 66.5 cm³/mol. The van der Waals surface area contributed by atoms with Gasteiger partial charge in [0.15, 0.2) is 0 Å². The Labute approximate surface area is 108 Å². The molecule has 0 saturated heterocycles. The SMILES string of the molecule is CCO[Si](CCCC(=O)O[Si])(OCC)OCC. The zero-order valence-electron chi connectivity index (χ0n) is 10.8. The number of hydrogen-bond acceptors (Lipinski definition) is 5. The van der Waals surface area contributed by atoms with Gasteiger partial charge in [0.25, 0.3) is 5.97 Å². The largest absolute Gasteiger partial charge is 0.516 e. The van der Waals surface area contributed by atoms with Crippen molar-refractivity contribution in [1.29, 1.82) is 0 Å². The normalized spacial score (nSPS) is 11.5. The van der Waals surface area contributed by atoms with Gasteiger partial charge in [0.05, 0.1) is 0 Å². The Morgan fingerprint density at radius 3 is 1.88 bits per heavy atom. The average Bonchev–Trinajstić information content (AvgIpc) is 2.30. The van der Waals surface area contributed by atoms with E-state index in [2.05, 4.69) is 14.9 Å². The van der Waals surface area contributed by atoms with Crippen molar-refractivity contribution < 1.29 is 22.5 Å². The summed E-state index contributed by atoms with van der Waals surface area (Å²) >= 11 is 0. The lowest BCUT2D eigenvalue weighted by Crippen LogP contribution is -2.46. The van der Waals surface area contributed by atoms with Crippen LogP contribution in [-0.4, -0.2) is 45.1 Å². The molecular formula is C10H21O5Si2. The molecule has 0 heterocycles. The van der Waals surface area contributed by atoms with Crippen LogP contribution < -0.4 is 0 Å². The molecule has 0 N–H and O–H groups in total. The van der Waals surface area contributed by atoms with Crippen LogP contribution in [0, 0.1) is 0 Å². The van der Waals surface area contributed by atoms with E-state index < -0.39 is 8.80 Å². The highest BCUT2D eigenvalue weighted by Gasteiger charge is 2.39. The lowest BCUT2D eigenvalue weighted by Gasteiger charge is -2.28. The number of carbonyl (C=O) groups is 1. The van der Waals surface area contributed by atoms with E-state index in [9.17, 15) is 4.79 Å². The minimum absolute atomic E-state index is 0.297. The Morgan fingerprint density at radius 1 is 1.06 bits per heavy atom. The second kappa shape index (κ2) is 9.78. The quantitative estimate of drug-likeness (QED) is 0.566. The van der Waals surface area contributed by atoms with Crippen molar-refractivity contribution in [3.63, 3.8) is 0 Å². The Kier molecular flexibility index (Phi) is 9.65. The molecule has 0 aliphatic heterocycles. The van der Waals surface area contributed by atoms with Crippen molar-refractivity contribution in [1.82, 2.24) is 0 Å². The highest BCUT2D eigenvalue weighted by atomic mass is 28.4. The molecule has 0 aromatic rings. The van der Waals surface area contributed by atoms with E-state index >= 15 is 0 Å². The molecule has 0 aliphatic rings. The first-order valence-electron chi connectivity index (χ1n) is 5.92. The van der Waals surface area contributed by atoms with Crippen molar-refractivity contribution in [2.24, 2.45) is 0 Å². The summed E-state index contributed by atoms with van der Waals surface area (Å²) in [5.41, 5.74) is 0. The van der Waals surface area contributed by atoms with E-state index in [4.69, 9.17) is 13.3 Å². The monoisotopic (exact) mass is 277 g/mol. The summed E-state index contributed by atoms with van der Waals surface area (Å²) in [6.45, 7) is 7.38. The van der Waals surface area contributed by atoms with E-state index in [1.54, 1.807) is 0 Å². The molecule has 0 unspecified atom stereocenters. The van der Waals surface area contributed by atoms with E-state index in [0.717, 1.165) is 0 Å². The molecule has 0 spiro atoms. The fourth-order valence-corrected chi connectivity index (χ4v) is 4.22. The third-order valence-electron chi connectivity index (χ3n) is 2.07. The van der Waals surface area contributed by atoms with Crippen molar-refractivity contribution in [2.45, 2.75) is 39.7 Å². The summed E-state index contributed by atoms with van der Waals surface area (Å²) in [5, 5.41) is 0. The Balaban J connectivity index is 4.27. The van der Waals surface area contributed by atoms with Gasteiger partial charge >= 0.3 is 19.3 Å². The lowest BCUT2D eigenvalue weighted by atomic mass is 10.3. The van der Waals surface area contributed by atoms with Crippen LogP contribution in [0.2, 0.25) is 6.04 Å². The fourth-order valence-electron chi connectivity index (χ4n) is 1.50. The smallest absolute Gasteiger partial charge is 0.500 e. The summed E-state index contributed by atoms with van der Waals surface area (Å²) in [6.07, 6.45) is 0.959. The van der Waals surface area contributed by atoms with Crippen LogP contribution in [0.25, 0.3) is 0 Å². The molecule has 3 radical (unpaired) electrons. The molecule has 0 atom stereocenters. The minimum atomic E-state index is -2.60. The topological polar surface area (TPSA) is 54.0 Å². The fraction of sp³-hybridized carbons (Fsp3) is 0.900. The maximum atomic E-state index is 11.0. The maximum Gasteiger partial charge on any atom is 0.500 e. The standard InChI is InChI=1S/C10H21O5Si2/c1-4-12-17(13-5-2,14-6-3)9-7-8-10(11)15-16/h4-9H2,1-3H3. The van der Waals surface area contributed by atoms with Crippen LogP contribution in [0.5, 0.6) is 0 Å². The number of rotatable bonds is 10. The minimum Gasteiger partial charge on any atom is -0.516 e. The lowest BCUT2D eigenvalue weighted by molar-refractivity contribution is -0.134. The van der Waals surface area contributed by atoms with Crippen molar-refractivity contribution in [3.8, 4) is 0 Å². The number of carbonyl (C=O) groups excluding carboxylic acids is 1. The predicted octanol–water partition coefficient (Wildman–Crippen LogP) is 1.44. The third kappa shape index (κ3) is 6.94. The van der Waals surface area contributed by atoms with Gasteiger partial charge in [-0.15, -0.1) is 0 Å². The van der Waals surface area contributed by atoms with Crippen LogP contribution in [0.15, 0.2) is 0 Å². The van der Waals surface area contributed by atoms with Gasteiger partial charge in [-0.05, 0) is 27.2 Å². The first kappa shape index (κ1) is 16.8. The average molecular weight is 277 g/mol. The first-order chi connectivity index (χ1) is 8.14. The van der Waals surface area contributed by atoms with Gasteiger partial charge in [-0.3, -0.25) is 4.79 Å². The molecule has 0 aliphatic carbocycles. The van der Waals surface area contributed by atoms with Crippen LogP contribution in [0.4, 0.5) is 0 Å². The Bertz CT molecular complexity index is 196. The van der Waals surface area contributed by atoms with Crippen molar-refractivity contribution in [2.75, 3.05) is 19.8 Å². The first-order valence-corrected chi connectivity index (χ1v) is 8.26. The summed E-state index contributed by atoms with van der Waals surface area (Å²) in [7, 11) is 0.104. The van der Waals surface area contributed by atoms with Crippen molar-refractivity contribution in [3.05, 3.63) is 0 Å². The van der Waals surface area contributed by atoms with Gasteiger partial charge in [0.1, 0.15) is 0 Å². The maximum absolute atomic E-state index is 11.0. The molecule has 0 fully saturated rings. The van der Waals surface area contributed by atoms with Gasteiger partial charge < -0.3 is 17.7 Å². The molecule has 0 rings (SSSR count). The zero-order chi connectivity index (χ0) is 13.1. The molecule has 17 heavy (non-hydrogen) atoms. The molecule has 0 aromatic carbocycles. The van der Waals surface area contributed by atoms with Gasteiger partial charge in [0.2, 0.25) is 0 Å². The summed E-state index contributed by atoms with van der Waals surface area (Å²) < 4.78 is 21.4. The van der Waals surface area contributed by atoms with Gasteiger partial charge in [-0.2, -0.15) is 0 Å². The molecule has 7 heteroatoms. The molecular weight excluding hydrogens is 256 g/mol. The van der Waals surface area contributed by atoms with Crippen LogP contribution >= 0.6 is 0 Å². The van der Waals surface area contributed by atoms with Gasteiger partial charge in [-0.1, -0.05) is 0 Å². The second-order valence-corrected chi connectivity index (χ2v) is 6.25. The molecule has 0 bridgehead atoms. The van der Waals surface area contributed by atoms with Crippen LogP contribution in [-0.2, 0) is 22.5 Å². The highest BCUT2D eigenvalue weighted by Crippen LogP contribution is 2.19. The van der Waals surface area contributed by atoms with Gasteiger partial charge in [0, 0.05) is 32.3 Å². The van der Waals surface area contributed by atoms with E-state index in [1.807, 2.05) is 20.8 Å². The summed E-state index contributed by atoms with van der Waals surface area (Å²) in [4.78, 5) is 11.0. The van der Waals surface area contributed by atoms with E-state index in [-0.39, 0.29) is 5.97 Å². The molecule has 0 amide bonds. The van der Waals surface area contributed by atoms with E-state index in [1.165, 1.54) is 0 Å². The number of hydrogen-bond donors (Lipinski definition) is 0. The molecule has 0 aromatic heterocycles. The van der Waals surface area contributed by atoms with Gasteiger partial charge in [-0.25, -0.2) is 0 Å². The molecule has 0 saturated carbocycles. The second-order valence-electron chi connectivity index (χ2n) is 3.31. The summed E-state index contributed by atoms with van der Waals surface area (Å²) in [6, 6.07) is 0.629. The van der Waals surface area contributed by atoms with Crippen molar-refractivity contribution >= 4 is 25.3 Å². The van der Waals surface area contributed by atoms with Crippen LogP contribution in [0.3, 0.4) is 0 Å². The molecule has 5 nitrogen and oxygen atoms in total. The Hall–Kier alpha value is -0.216. The third-order valence-corrected chi connectivity index (χ3v) is 5.45. The summed E-state index contributed by atoms with van der Waals surface area (Å²) in [5.74, 6) is -0.297. The zero-order valence-corrected chi connectivity index (χ0v) is 12.8. The molecule has 99 valence electrons. The highest BCUT2D eigenvalue weighted by molar-refractivity contribution is 6.60. The van der Waals surface area contributed by atoms with E-state index in [0.29, 0.717) is 38.7 Å². The van der Waals surface area contributed by atoms with Crippen LogP contribution in [0.1, 0.15) is 33.6 Å².